The van der Waals surface area contributed by atoms with Gasteiger partial charge in [0, 0.05) is 17.8 Å². The highest BCUT2D eigenvalue weighted by molar-refractivity contribution is 7.11. The van der Waals surface area contributed by atoms with Gasteiger partial charge in [0.05, 0.1) is 17.2 Å². The minimum Gasteiger partial charge on any atom is -0.337 e. The first-order chi connectivity index (χ1) is 10.1. The first-order valence-corrected chi connectivity index (χ1v) is 8.18. The van der Waals surface area contributed by atoms with Crippen LogP contribution in [-0.2, 0) is 17.8 Å². The van der Waals surface area contributed by atoms with Crippen molar-refractivity contribution in [2.24, 2.45) is 5.92 Å². The molecule has 2 heterocycles. The van der Waals surface area contributed by atoms with Crippen LogP contribution in [0.1, 0.15) is 27.6 Å². The number of rotatable bonds is 4. The average molecular weight is 300 g/mol. The predicted molar refractivity (Wildman–Crippen MR) is 85.3 cm³/mol. The van der Waals surface area contributed by atoms with Crippen LogP contribution >= 0.6 is 11.3 Å². The molecule has 0 N–H and O–H groups in total. The van der Waals surface area contributed by atoms with Crippen LogP contribution < -0.4 is 0 Å². The van der Waals surface area contributed by atoms with E-state index in [4.69, 9.17) is 0 Å². The molecule has 0 spiro atoms. The largest absolute Gasteiger partial charge is 0.337 e. The summed E-state index contributed by atoms with van der Waals surface area (Å²) in [6.07, 6.45) is 1.66. The third-order valence-electron chi connectivity index (χ3n) is 4.00. The third-order valence-corrected chi connectivity index (χ3v) is 5.05. The molecule has 0 aliphatic carbocycles. The van der Waals surface area contributed by atoms with Gasteiger partial charge in [-0.2, -0.15) is 0 Å². The van der Waals surface area contributed by atoms with Crippen LogP contribution in [0.5, 0.6) is 0 Å². The van der Waals surface area contributed by atoms with Gasteiger partial charge in [-0.05, 0) is 31.7 Å². The number of amides is 1. The van der Waals surface area contributed by atoms with Crippen molar-refractivity contribution in [1.82, 2.24) is 9.88 Å². The van der Waals surface area contributed by atoms with Crippen LogP contribution in [-0.4, -0.2) is 22.3 Å². The van der Waals surface area contributed by atoms with E-state index in [1.54, 1.807) is 11.3 Å². The summed E-state index contributed by atoms with van der Waals surface area (Å²) < 4.78 is 0. The number of carbonyl (C=O) groups is 1. The summed E-state index contributed by atoms with van der Waals surface area (Å²) in [5, 5.41) is 1.08. The summed E-state index contributed by atoms with van der Waals surface area (Å²) in [6, 6.07) is 10.4. The predicted octanol–water partition coefficient (Wildman–Crippen LogP) is 3.35. The highest BCUT2D eigenvalue weighted by atomic mass is 32.1. The van der Waals surface area contributed by atoms with E-state index in [9.17, 15) is 4.79 Å². The zero-order valence-electron chi connectivity index (χ0n) is 12.5. The quantitative estimate of drug-likeness (QED) is 0.867. The van der Waals surface area contributed by atoms with E-state index in [0.29, 0.717) is 12.3 Å². The molecule has 21 heavy (non-hydrogen) atoms. The summed E-state index contributed by atoms with van der Waals surface area (Å²) >= 11 is 1.70. The van der Waals surface area contributed by atoms with Gasteiger partial charge in [0.1, 0.15) is 0 Å². The number of aromatic nitrogens is 1. The summed E-state index contributed by atoms with van der Waals surface area (Å²) in [4.78, 5) is 19.9. The van der Waals surface area contributed by atoms with Gasteiger partial charge in [-0.3, -0.25) is 4.79 Å². The highest BCUT2D eigenvalue weighted by Gasteiger charge is 2.30. The molecule has 1 fully saturated rings. The van der Waals surface area contributed by atoms with Gasteiger partial charge >= 0.3 is 0 Å². The van der Waals surface area contributed by atoms with E-state index in [0.717, 1.165) is 30.2 Å². The minimum atomic E-state index is 0.279. The fraction of sp³-hybridized carbons (Fsp3) is 0.412. The normalized spacial score (nSPS) is 18.5. The molecule has 4 heteroatoms. The van der Waals surface area contributed by atoms with Crippen LogP contribution in [0.2, 0.25) is 0 Å². The number of thiazole rings is 1. The van der Waals surface area contributed by atoms with E-state index in [2.05, 4.69) is 29.2 Å². The fourth-order valence-corrected chi connectivity index (χ4v) is 3.94. The lowest BCUT2D eigenvalue weighted by Crippen LogP contribution is -2.24. The molecule has 3 nitrogen and oxygen atoms in total. The molecule has 110 valence electrons. The molecular weight excluding hydrogens is 280 g/mol. The van der Waals surface area contributed by atoms with E-state index in [1.165, 1.54) is 10.4 Å². The van der Waals surface area contributed by atoms with Crippen molar-refractivity contribution in [1.29, 1.82) is 0 Å². The van der Waals surface area contributed by atoms with Crippen molar-refractivity contribution in [3.63, 3.8) is 0 Å². The molecule has 2 aromatic rings. The van der Waals surface area contributed by atoms with Gasteiger partial charge in [-0.15, -0.1) is 11.3 Å². The Hall–Kier alpha value is -1.68. The molecule has 1 aliphatic heterocycles. The summed E-state index contributed by atoms with van der Waals surface area (Å²) in [5.41, 5.74) is 2.39. The number of hydrogen-bond donors (Lipinski definition) is 0. The second kappa shape index (κ2) is 5.98. The number of benzene rings is 1. The number of carbonyl (C=O) groups excluding carboxylic acids is 1. The molecule has 1 aromatic carbocycles. The zero-order valence-corrected chi connectivity index (χ0v) is 13.3. The first kappa shape index (κ1) is 14.3. The van der Waals surface area contributed by atoms with Crippen LogP contribution in [0, 0.1) is 19.8 Å². The zero-order chi connectivity index (χ0) is 14.8. The molecular formula is C17H20N2OS. The lowest BCUT2D eigenvalue weighted by Gasteiger charge is -2.16. The molecule has 0 radical (unpaired) electrons. The van der Waals surface area contributed by atoms with E-state index in [1.807, 2.05) is 24.8 Å². The van der Waals surface area contributed by atoms with Crippen molar-refractivity contribution >= 4 is 17.2 Å². The summed E-state index contributed by atoms with van der Waals surface area (Å²) in [6.45, 7) is 5.64. The van der Waals surface area contributed by atoms with Crippen LogP contribution in [0.3, 0.4) is 0 Å². The van der Waals surface area contributed by atoms with E-state index >= 15 is 0 Å². The van der Waals surface area contributed by atoms with Crippen molar-refractivity contribution < 1.29 is 4.79 Å². The smallest absolute Gasteiger partial charge is 0.223 e. The molecule has 0 bridgehead atoms. The Balaban J connectivity index is 1.63. The van der Waals surface area contributed by atoms with Crippen LogP contribution in [0.4, 0.5) is 0 Å². The van der Waals surface area contributed by atoms with Crippen LogP contribution in [0.25, 0.3) is 0 Å². The van der Waals surface area contributed by atoms with Gasteiger partial charge in [-0.25, -0.2) is 4.98 Å². The molecule has 0 saturated carbocycles. The lowest BCUT2D eigenvalue weighted by molar-refractivity contribution is -0.128. The Kier molecular flexibility index (Phi) is 4.06. The number of aryl methyl sites for hydroxylation is 2. The number of hydrogen-bond acceptors (Lipinski definition) is 3. The van der Waals surface area contributed by atoms with Gasteiger partial charge in [0.25, 0.3) is 0 Å². The summed E-state index contributed by atoms with van der Waals surface area (Å²) in [5.74, 6) is 0.718. The monoisotopic (exact) mass is 300 g/mol. The molecule has 1 saturated heterocycles. The molecule has 0 unspecified atom stereocenters. The van der Waals surface area contributed by atoms with Crippen molar-refractivity contribution in [2.45, 2.75) is 33.2 Å². The third kappa shape index (κ3) is 3.32. The Morgan fingerprint density at radius 3 is 2.71 bits per heavy atom. The van der Waals surface area contributed by atoms with Crippen molar-refractivity contribution in [2.75, 3.05) is 6.54 Å². The van der Waals surface area contributed by atoms with Crippen molar-refractivity contribution in [3.05, 3.63) is 51.5 Å². The van der Waals surface area contributed by atoms with E-state index in [-0.39, 0.29) is 5.91 Å². The Labute approximate surface area is 129 Å². The molecule has 3 rings (SSSR count). The van der Waals surface area contributed by atoms with Gasteiger partial charge in [-0.1, -0.05) is 30.3 Å². The lowest BCUT2D eigenvalue weighted by atomic mass is 9.99. The first-order valence-electron chi connectivity index (χ1n) is 7.36. The van der Waals surface area contributed by atoms with Gasteiger partial charge < -0.3 is 4.90 Å². The maximum atomic E-state index is 12.2. The molecule has 1 atom stereocenters. The van der Waals surface area contributed by atoms with E-state index < -0.39 is 0 Å². The Morgan fingerprint density at radius 1 is 1.29 bits per heavy atom. The molecule has 1 amide bonds. The molecule has 1 aromatic heterocycles. The number of nitrogens with zero attached hydrogens (tertiary/aromatic N) is 2. The molecule has 1 aliphatic rings. The van der Waals surface area contributed by atoms with Crippen molar-refractivity contribution in [3.8, 4) is 0 Å². The van der Waals surface area contributed by atoms with Gasteiger partial charge in [0.2, 0.25) is 5.91 Å². The van der Waals surface area contributed by atoms with Gasteiger partial charge in [0.15, 0.2) is 0 Å². The Bertz CT molecular complexity index is 635. The average Bonchev–Trinajstić information content (AvgIpc) is 2.94. The maximum Gasteiger partial charge on any atom is 0.223 e. The topological polar surface area (TPSA) is 33.2 Å². The fourth-order valence-electron chi connectivity index (χ4n) is 2.98. The number of likely N-dealkylation sites (tertiary alicyclic amines) is 1. The minimum absolute atomic E-state index is 0.279. The second-order valence-corrected chi connectivity index (χ2v) is 7.06. The Morgan fingerprint density at radius 2 is 2.05 bits per heavy atom. The van der Waals surface area contributed by atoms with Crippen LogP contribution in [0.15, 0.2) is 30.3 Å². The highest BCUT2D eigenvalue weighted by Crippen LogP contribution is 2.26. The summed E-state index contributed by atoms with van der Waals surface area (Å²) in [7, 11) is 0. The standard InChI is InChI=1S/C17H20N2OS/c1-12-16(21-13(2)18-12)11-19-10-15(9-17(19)20)8-14-6-4-3-5-7-14/h3-7,15H,8-11H2,1-2H3/t15-/m1/s1. The second-order valence-electron chi connectivity index (χ2n) is 5.78. The SMILES string of the molecule is Cc1nc(C)c(CN2C[C@H](Cc3ccccc3)CC2=O)s1. The maximum absolute atomic E-state index is 12.2.